The summed E-state index contributed by atoms with van der Waals surface area (Å²) in [6.45, 7) is 0.645. The Hall–Kier alpha value is -4.28. The number of ether oxygens (including phenoxy) is 1. The number of anilines is 2. The molecule has 33 heavy (non-hydrogen) atoms. The maximum Gasteiger partial charge on any atom is 0.320 e. The first-order valence-corrected chi connectivity index (χ1v) is 10.6. The van der Waals surface area contributed by atoms with Crippen LogP contribution in [0.1, 0.15) is 35.8 Å². The van der Waals surface area contributed by atoms with Gasteiger partial charge in [-0.1, -0.05) is 6.07 Å². The molecule has 11 heteroatoms. The molecule has 0 unspecified atom stereocenters. The van der Waals surface area contributed by atoms with Crippen LogP contribution in [0.3, 0.4) is 0 Å². The van der Waals surface area contributed by atoms with E-state index in [-0.39, 0.29) is 6.54 Å². The fraction of sp³-hybridized carbons (Fsp3) is 0.273. The Morgan fingerprint density at radius 3 is 2.82 bits per heavy atom. The quantitative estimate of drug-likeness (QED) is 0.377. The molecule has 11 nitrogen and oxygen atoms in total. The minimum Gasteiger partial charge on any atom is -0.481 e. The molecular formula is C22H23N9O2. The maximum absolute atomic E-state index is 12.2. The van der Waals surface area contributed by atoms with E-state index in [9.17, 15) is 4.79 Å². The monoisotopic (exact) mass is 445 g/mol. The fourth-order valence-corrected chi connectivity index (χ4v) is 3.41. The second-order valence-electron chi connectivity index (χ2n) is 7.70. The number of imidazole rings is 1. The van der Waals surface area contributed by atoms with Gasteiger partial charge in [0.15, 0.2) is 5.82 Å². The van der Waals surface area contributed by atoms with Crippen LogP contribution in [0.25, 0.3) is 5.65 Å². The molecule has 1 aliphatic carbocycles. The number of carbonyl (C=O) groups excluding carboxylic acids is 1. The summed E-state index contributed by atoms with van der Waals surface area (Å²) in [4.78, 5) is 33.4. The molecule has 0 aliphatic heterocycles. The highest BCUT2D eigenvalue weighted by atomic mass is 16.5. The summed E-state index contributed by atoms with van der Waals surface area (Å²) in [6.07, 6.45) is 9.66. The lowest BCUT2D eigenvalue weighted by atomic mass is 10.2. The smallest absolute Gasteiger partial charge is 0.320 e. The van der Waals surface area contributed by atoms with Crippen molar-refractivity contribution in [1.82, 2.24) is 34.6 Å². The molecule has 1 aliphatic rings. The molecule has 0 atom stereocenters. The Bertz CT molecular complexity index is 1290. The molecule has 1 saturated carbocycles. The number of hydrogen-bond donors (Lipinski definition) is 3. The minimum absolute atomic E-state index is 0.148. The zero-order valence-electron chi connectivity index (χ0n) is 18.0. The van der Waals surface area contributed by atoms with Crippen molar-refractivity contribution in [2.45, 2.75) is 31.8 Å². The van der Waals surface area contributed by atoms with E-state index >= 15 is 0 Å². The van der Waals surface area contributed by atoms with E-state index in [1.165, 1.54) is 31.8 Å². The molecule has 4 aromatic rings. The van der Waals surface area contributed by atoms with Crippen LogP contribution in [0.2, 0.25) is 0 Å². The maximum atomic E-state index is 12.2. The summed E-state index contributed by atoms with van der Waals surface area (Å²) in [5.41, 5.74) is 3.17. The Balaban J connectivity index is 1.16. The van der Waals surface area contributed by atoms with Crippen LogP contribution in [0.4, 0.5) is 16.4 Å². The van der Waals surface area contributed by atoms with E-state index in [4.69, 9.17) is 4.74 Å². The molecular weight excluding hydrogens is 422 g/mol. The molecule has 0 bridgehead atoms. The lowest BCUT2D eigenvalue weighted by Crippen LogP contribution is -2.29. The number of pyridine rings is 1. The van der Waals surface area contributed by atoms with Gasteiger partial charge in [0.25, 0.3) is 0 Å². The van der Waals surface area contributed by atoms with Crippen molar-refractivity contribution in [1.29, 1.82) is 0 Å². The van der Waals surface area contributed by atoms with Crippen molar-refractivity contribution in [2.75, 3.05) is 17.7 Å². The minimum atomic E-state index is -0.433. The number of methoxy groups -OCH3 is 1. The van der Waals surface area contributed by atoms with Crippen molar-refractivity contribution >= 4 is 23.3 Å². The summed E-state index contributed by atoms with van der Waals surface area (Å²) in [7, 11) is 1.52. The average Bonchev–Trinajstić information content (AvgIpc) is 3.61. The van der Waals surface area contributed by atoms with Gasteiger partial charge in [-0.25, -0.2) is 24.7 Å². The SMILES string of the molecule is COc1ccnc(CNC(=O)Nc2cc(NCc3cn4cc(C5CC5)ccc4n3)ncn2)n1. The second-order valence-corrected chi connectivity index (χ2v) is 7.70. The Kier molecular flexibility index (Phi) is 5.66. The first-order valence-electron chi connectivity index (χ1n) is 10.6. The number of hydrogen-bond acceptors (Lipinski definition) is 8. The highest BCUT2D eigenvalue weighted by molar-refractivity contribution is 5.88. The third-order valence-electron chi connectivity index (χ3n) is 5.23. The summed E-state index contributed by atoms with van der Waals surface area (Å²) in [5.74, 6) is 2.51. The van der Waals surface area contributed by atoms with Crippen LogP contribution < -0.4 is 20.7 Å². The van der Waals surface area contributed by atoms with E-state index in [0.29, 0.717) is 35.8 Å². The van der Waals surface area contributed by atoms with E-state index in [0.717, 1.165) is 11.3 Å². The van der Waals surface area contributed by atoms with Gasteiger partial charge in [0.2, 0.25) is 5.88 Å². The van der Waals surface area contributed by atoms with Gasteiger partial charge in [-0.05, 0) is 30.4 Å². The van der Waals surface area contributed by atoms with Gasteiger partial charge < -0.3 is 19.8 Å². The number of nitrogens with one attached hydrogen (secondary N) is 3. The topological polar surface area (TPSA) is 131 Å². The van der Waals surface area contributed by atoms with Crippen molar-refractivity contribution in [2.24, 2.45) is 0 Å². The van der Waals surface area contributed by atoms with E-state index in [1.807, 2.05) is 6.20 Å². The molecule has 2 amide bonds. The first-order chi connectivity index (χ1) is 16.2. The lowest BCUT2D eigenvalue weighted by molar-refractivity contribution is 0.251. The summed E-state index contributed by atoms with van der Waals surface area (Å²) in [6, 6.07) is 7.07. The normalized spacial score (nSPS) is 13.0. The van der Waals surface area contributed by atoms with Gasteiger partial charge in [0.05, 0.1) is 25.9 Å². The third-order valence-corrected chi connectivity index (χ3v) is 5.23. The Labute approximate surface area is 189 Å². The molecule has 0 radical (unpaired) electrons. The van der Waals surface area contributed by atoms with Crippen molar-refractivity contribution in [3.05, 3.63) is 66.3 Å². The number of aromatic nitrogens is 6. The van der Waals surface area contributed by atoms with E-state index < -0.39 is 6.03 Å². The van der Waals surface area contributed by atoms with E-state index in [2.05, 4.69) is 63.6 Å². The molecule has 4 aromatic heterocycles. The predicted molar refractivity (Wildman–Crippen MR) is 121 cm³/mol. The molecule has 0 saturated heterocycles. The largest absolute Gasteiger partial charge is 0.481 e. The number of carbonyl (C=O) groups is 1. The molecule has 168 valence electrons. The van der Waals surface area contributed by atoms with Gasteiger partial charge in [-0.3, -0.25) is 5.32 Å². The Morgan fingerprint density at radius 1 is 1.09 bits per heavy atom. The third kappa shape index (κ3) is 5.14. The molecule has 5 rings (SSSR count). The number of rotatable bonds is 8. The van der Waals surface area contributed by atoms with Crippen LogP contribution in [0.15, 0.2) is 49.2 Å². The van der Waals surface area contributed by atoms with Gasteiger partial charge in [-0.2, -0.15) is 4.98 Å². The van der Waals surface area contributed by atoms with Gasteiger partial charge in [0.1, 0.15) is 23.6 Å². The summed E-state index contributed by atoms with van der Waals surface area (Å²) in [5, 5.41) is 8.58. The highest BCUT2D eigenvalue weighted by Crippen LogP contribution is 2.39. The number of fused-ring (bicyclic) bond motifs is 1. The Morgan fingerprint density at radius 2 is 1.97 bits per heavy atom. The summed E-state index contributed by atoms with van der Waals surface area (Å²) >= 11 is 0. The van der Waals surface area contributed by atoms with Crippen LogP contribution in [0.5, 0.6) is 5.88 Å². The molecule has 3 N–H and O–H groups in total. The molecule has 1 fully saturated rings. The van der Waals surface area contributed by atoms with E-state index in [1.54, 1.807) is 18.3 Å². The average molecular weight is 445 g/mol. The van der Waals surface area contributed by atoms with Gasteiger partial charge in [-0.15, -0.1) is 0 Å². The first kappa shape index (κ1) is 20.6. The van der Waals surface area contributed by atoms with Crippen LogP contribution in [0, 0.1) is 0 Å². The van der Waals surface area contributed by atoms with Crippen molar-refractivity contribution in [3.8, 4) is 5.88 Å². The van der Waals surface area contributed by atoms with Gasteiger partial charge >= 0.3 is 6.03 Å². The predicted octanol–water partition coefficient (Wildman–Crippen LogP) is 2.73. The highest BCUT2D eigenvalue weighted by Gasteiger charge is 2.23. The zero-order chi connectivity index (χ0) is 22.6. The number of amides is 2. The van der Waals surface area contributed by atoms with Crippen molar-refractivity contribution in [3.63, 3.8) is 0 Å². The number of urea groups is 1. The fourth-order valence-electron chi connectivity index (χ4n) is 3.41. The second kappa shape index (κ2) is 9.07. The molecule has 0 aromatic carbocycles. The molecule has 0 spiro atoms. The van der Waals surface area contributed by atoms with Crippen LogP contribution >= 0.6 is 0 Å². The lowest BCUT2D eigenvalue weighted by Gasteiger charge is -2.08. The zero-order valence-corrected chi connectivity index (χ0v) is 18.0. The summed E-state index contributed by atoms with van der Waals surface area (Å²) < 4.78 is 7.11. The number of nitrogens with zero attached hydrogens (tertiary/aromatic N) is 6. The molecule has 4 heterocycles. The standard InChI is InChI=1S/C22H23N9O2/c1-33-21-6-7-23-19(29-21)10-25-22(32)30-18-8-17(26-13-27-18)24-9-16-12-31-11-15(14-2-3-14)4-5-20(31)28-16/h4-8,11-14H,2-3,9-10H2,1H3,(H3,24,25,26,27,30,32). The van der Waals surface area contributed by atoms with Crippen molar-refractivity contribution < 1.29 is 9.53 Å². The van der Waals surface area contributed by atoms with Gasteiger partial charge in [0, 0.05) is 30.7 Å². The van der Waals surface area contributed by atoms with Crippen LogP contribution in [-0.2, 0) is 13.1 Å². The van der Waals surface area contributed by atoms with Crippen LogP contribution in [-0.4, -0.2) is 42.5 Å².